The molecular weight excluding hydrogens is 400 g/mol. The summed E-state index contributed by atoms with van der Waals surface area (Å²) in [6.07, 6.45) is 1.69. The lowest BCUT2D eigenvalue weighted by Gasteiger charge is -2.30. The number of anilines is 2. The predicted octanol–water partition coefficient (Wildman–Crippen LogP) is 3.94. The average Bonchev–Trinajstić information content (AvgIpc) is 2.70. The van der Waals surface area contributed by atoms with Crippen molar-refractivity contribution in [3.05, 3.63) is 77.4 Å². The van der Waals surface area contributed by atoms with Gasteiger partial charge in [-0.25, -0.2) is 8.42 Å². The molecule has 0 atom stereocenters. The molecule has 7 heteroatoms. The molecule has 0 aliphatic carbocycles. The highest BCUT2D eigenvalue weighted by molar-refractivity contribution is 7.92. The van der Waals surface area contributed by atoms with Crippen molar-refractivity contribution < 1.29 is 18.3 Å². The summed E-state index contributed by atoms with van der Waals surface area (Å²) in [7, 11) is -3.57. The van der Waals surface area contributed by atoms with E-state index >= 15 is 0 Å². The lowest BCUT2D eigenvalue weighted by atomic mass is 9.93. The standard InChI is InChI=1S/C23H22N2O4S/c1-15-12-22(26)20(24-30(2,28)29)14-21(15)25-11-10-18-13-17(8-9-19(18)23(25)27)16-6-4-3-5-7-16/h3-9,12-14,24,26H,10-11H2,1-2H3. The number of carbonyl (C=O) groups excluding carboxylic acids is 1. The number of fused-ring (bicyclic) bond motifs is 1. The molecule has 0 saturated carbocycles. The maximum Gasteiger partial charge on any atom is 0.258 e. The number of amides is 1. The second-order valence-corrected chi connectivity index (χ2v) is 9.22. The number of aryl methyl sites for hydroxylation is 1. The zero-order valence-corrected chi connectivity index (χ0v) is 17.5. The number of nitrogens with zero attached hydrogens (tertiary/aromatic N) is 1. The second-order valence-electron chi connectivity index (χ2n) is 7.47. The van der Waals surface area contributed by atoms with Crippen LogP contribution in [0.4, 0.5) is 11.4 Å². The first-order valence-corrected chi connectivity index (χ1v) is 11.4. The van der Waals surface area contributed by atoms with Gasteiger partial charge in [0.2, 0.25) is 10.0 Å². The molecule has 0 spiro atoms. The molecule has 3 aromatic carbocycles. The van der Waals surface area contributed by atoms with Crippen LogP contribution in [-0.2, 0) is 16.4 Å². The minimum atomic E-state index is -3.57. The Balaban J connectivity index is 1.69. The molecule has 0 fully saturated rings. The minimum absolute atomic E-state index is 0.0520. The van der Waals surface area contributed by atoms with Gasteiger partial charge in [-0.1, -0.05) is 42.5 Å². The second kappa shape index (κ2) is 7.50. The minimum Gasteiger partial charge on any atom is -0.506 e. The van der Waals surface area contributed by atoms with Crippen LogP contribution in [0.5, 0.6) is 5.75 Å². The predicted molar refractivity (Wildman–Crippen MR) is 119 cm³/mol. The number of hydrogen-bond donors (Lipinski definition) is 2. The van der Waals surface area contributed by atoms with Gasteiger partial charge in [-0.2, -0.15) is 0 Å². The molecule has 1 heterocycles. The summed E-state index contributed by atoms with van der Waals surface area (Å²) in [5.41, 5.74) is 5.09. The van der Waals surface area contributed by atoms with Crippen molar-refractivity contribution in [1.82, 2.24) is 0 Å². The fourth-order valence-corrected chi connectivity index (χ4v) is 4.34. The summed E-state index contributed by atoms with van der Waals surface area (Å²) in [6.45, 7) is 2.24. The van der Waals surface area contributed by atoms with E-state index in [1.54, 1.807) is 11.8 Å². The molecule has 1 aliphatic rings. The Labute approximate surface area is 175 Å². The highest BCUT2D eigenvalue weighted by Gasteiger charge is 2.27. The van der Waals surface area contributed by atoms with Gasteiger partial charge in [-0.05, 0) is 53.8 Å². The molecule has 154 valence electrons. The van der Waals surface area contributed by atoms with Crippen molar-refractivity contribution in [3.63, 3.8) is 0 Å². The van der Waals surface area contributed by atoms with Crippen LogP contribution in [0, 0.1) is 6.92 Å². The monoisotopic (exact) mass is 422 g/mol. The quantitative estimate of drug-likeness (QED) is 0.624. The largest absolute Gasteiger partial charge is 0.506 e. The van der Waals surface area contributed by atoms with Gasteiger partial charge in [0.1, 0.15) is 5.75 Å². The van der Waals surface area contributed by atoms with Gasteiger partial charge >= 0.3 is 0 Å². The summed E-state index contributed by atoms with van der Waals surface area (Å²) >= 11 is 0. The van der Waals surface area contributed by atoms with E-state index in [1.807, 2.05) is 42.5 Å². The topological polar surface area (TPSA) is 86.7 Å². The molecule has 6 nitrogen and oxygen atoms in total. The van der Waals surface area contributed by atoms with E-state index in [0.29, 0.717) is 29.8 Å². The molecule has 1 amide bonds. The van der Waals surface area contributed by atoms with Gasteiger partial charge in [0.05, 0.1) is 11.9 Å². The fraction of sp³-hybridized carbons (Fsp3) is 0.174. The van der Waals surface area contributed by atoms with Crippen LogP contribution in [0.1, 0.15) is 21.5 Å². The zero-order valence-electron chi connectivity index (χ0n) is 16.7. The van der Waals surface area contributed by atoms with Crippen molar-refractivity contribution >= 4 is 27.3 Å². The summed E-state index contributed by atoms with van der Waals surface area (Å²) < 4.78 is 25.5. The van der Waals surface area contributed by atoms with Crippen LogP contribution >= 0.6 is 0 Å². The SMILES string of the molecule is Cc1cc(O)c(NS(C)(=O)=O)cc1N1CCc2cc(-c3ccccc3)ccc2C1=O. The molecule has 4 rings (SSSR count). The van der Waals surface area contributed by atoms with E-state index in [1.165, 1.54) is 12.1 Å². The van der Waals surface area contributed by atoms with Crippen molar-refractivity contribution in [3.8, 4) is 16.9 Å². The number of phenols is 1. The summed E-state index contributed by atoms with van der Waals surface area (Å²) in [4.78, 5) is 14.9. The number of hydrogen-bond acceptors (Lipinski definition) is 4. The van der Waals surface area contributed by atoms with E-state index in [4.69, 9.17) is 0 Å². The molecule has 0 radical (unpaired) electrons. The van der Waals surface area contributed by atoms with E-state index in [9.17, 15) is 18.3 Å². The first kappa shape index (κ1) is 20.0. The molecule has 2 N–H and O–H groups in total. The molecule has 0 bridgehead atoms. The van der Waals surface area contributed by atoms with E-state index in [2.05, 4.69) is 10.8 Å². The van der Waals surface area contributed by atoms with Gasteiger partial charge in [-0.15, -0.1) is 0 Å². The van der Waals surface area contributed by atoms with Crippen LogP contribution in [0.25, 0.3) is 11.1 Å². The molecule has 0 unspecified atom stereocenters. The van der Waals surface area contributed by atoms with Gasteiger partial charge < -0.3 is 10.0 Å². The van der Waals surface area contributed by atoms with Gasteiger partial charge in [0.25, 0.3) is 5.91 Å². The number of sulfonamides is 1. The molecule has 1 aliphatic heterocycles. The lowest BCUT2D eigenvalue weighted by Crippen LogP contribution is -2.38. The Bertz CT molecular complexity index is 1240. The highest BCUT2D eigenvalue weighted by Crippen LogP contribution is 2.36. The Morgan fingerprint density at radius 1 is 1.00 bits per heavy atom. The summed E-state index contributed by atoms with van der Waals surface area (Å²) in [5.74, 6) is -0.325. The number of nitrogens with one attached hydrogen (secondary N) is 1. The third-order valence-corrected chi connectivity index (χ3v) is 5.78. The Morgan fingerprint density at radius 2 is 1.73 bits per heavy atom. The number of phenolic OH excluding ortho intramolecular Hbond substituents is 1. The fourth-order valence-electron chi connectivity index (χ4n) is 3.78. The maximum absolute atomic E-state index is 13.2. The average molecular weight is 423 g/mol. The molecule has 30 heavy (non-hydrogen) atoms. The molecule has 3 aromatic rings. The van der Waals surface area contributed by atoms with Gasteiger partial charge in [0, 0.05) is 17.8 Å². The van der Waals surface area contributed by atoms with Crippen LogP contribution < -0.4 is 9.62 Å². The highest BCUT2D eigenvalue weighted by atomic mass is 32.2. The first-order valence-electron chi connectivity index (χ1n) is 9.54. The van der Waals surface area contributed by atoms with Crippen molar-refractivity contribution in [1.29, 1.82) is 0 Å². The molecule has 0 saturated heterocycles. The maximum atomic E-state index is 13.2. The normalized spacial score (nSPS) is 13.8. The number of benzene rings is 3. The van der Waals surface area contributed by atoms with Crippen molar-refractivity contribution in [2.24, 2.45) is 0 Å². The van der Waals surface area contributed by atoms with E-state index in [-0.39, 0.29) is 17.3 Å². The van der Waals surface area contributed by atoms with Crippen molar-refractivity contribution in [2.45, 2.75) is 13.3 Å². The Morgan fingerprint density at radius 3 is 2.43 bits per heavy atom. The Kier molecular flexibility index (Phi) is 4.99. The zero-order chi connectivity index (χ0) is 21.5. The lowest BCUT2D eigenvalue weighted by molar-refractivity contribution is 0.0980. The number of rotatable bonds is 4. The first-order chi connectivity index (χ1) is 14.2. The summed E-state index contributed by atoms with van der Waals surface area (Å²) in [5, 5.41) is 10.1. The van der Waals surface area contributed by atoms with Crippen LogP contribution in [0.15, 0.2) is 60.7 Å². The number of aromatic hydroxyl groups is 1. The van der Waals surface area contributed by atoms with Gasteiger partial charge in [-0.3, -0.25) is 9.52 Å². The summed E-state index contributed by atoms with van der Waals surface area (Å²) in [6, 6.07) is 18.8. The van der Waals surface area contributed by atoms with Crippen LogP contribution in [-0.4, -0.2) is 32.2 Å². The van der Waals surface area contributed by atoms with Gasteiger partial charge in [0.15, 0.2) is 0 Å². The third kappa shape index (κ3) is 3.89. The third-order valence-electron chi connectivity index (χ3n) is 5.19. The van der Waals surface area contributed by atoms with Crippen LogP contribution in [0.3, 0.4) is 0 Å². The number of carbonyl (C=O) groups is 1. The van der Waals surface area contributed by atoms with E-state index in [0.717, 1.165) is 22.9 Å². The molecule has 0 aromatic heterocycles. The van der Waals surface area contributed by atoms with Crippen molar-refractivity contribution in [2.75, 3.05) is 22.4 Å². The Hall–Kier alpha value is -3.32. The van der Waals surface area contributed by atoms with E-state index < -0.39 is 10.0 Å². The van der Waals surface area contributed by atoms with Crippen LogP contribution in [0.2, 0.25) is 0 Å². The smallest absolute Gasteiger partial charge is 0.258 e. The molecular formula is C23H22N2O4S.